The fourth-order valence-electron chi connectivity index (χ4n) is 7.16. The summed E-state index contributed by atoms with van der Waals surface area (Å²) in [6.07, 6.45) is 1.40. The lowest BCUT2D eigenvalue weighted by Gasteiger charge is -2.53. The SMILES string of the molecule is CC1(C)COC(=O)[C@H]2NN(C(=O)[C@@H](NC(=O)OC(C)(C)C)Cc3nc(cs3)-c3ccc4[nH]c(B5OC(C)(C)C(C)(C)O5)c(c4c3)C1)C1CC2C1. The molecule has 4 fully saturated rings. The average Bonchev–Trinajstić information content (AvgIpc) is 3.66. The summed E-state index contributed by atoms with van der Waals surface area (Å²) in [6, 6.07) is 4.45. The Bertz CT molecular complexity index is 1820. The number of hydrazine groups is 1. The van der Waals surface area contributed by atoms with Gasteiger partial charge in [-0.3, -0.25) is 14.6 Å². The first kappa shape index (κ1) is 35.0. The van der Waals surface area contributed by atoms with Crippen molar-refractivity contribution in [3.8, 4) is 11.3 Å². The Morgan fingerprint density at radius 3 is 2.48 bits per heavy atom. The van der Waals surface area contributed by atoms with Crippen molar-refractivity contribution in [1.29, 1.82) is 0 Å². The van der Waals surface area contributed by atoms with Crippen molar-refractivity contribution >= 4 is 52.9 Å². The third-order valence-corrected chi connectivity index (χ3v) is 11.5. The quantitative estimate of drug-likeness (QED) is 0.257. The Kier molecular flexibility index (Phi) is 8.44. The van der Waals surface area contributed by atoms with Gasteiger partial charge in [0.05, 0.1) is 28.5 Å². The molecule has 5 aliphatic rings. The maximum atomic E-state index is 14.1. The molecule has 3 saturated heterocycles. The molecule has 50 heavy (non-hydrogen) atoms. The number of nitrogens with one attached hydrogen (secondary N) is 3. The molecule has 3 N–H and O–H groups in total. The molecule has 1 saturated carbocycles. The van der Waals surface area contributed by atoms with Crippen LogP contribution in [0, 0.1) is 11.3 Å². The summed E-state index contributed by atoms with van der Waals surface area (Å²) in [4.78, 5) is 49.4. The first-order valence-corrected chi connectivity index (χ1v) is 18.4. The molecule has 12 nitrogen and oxygen atoms in total. The van der Waals surface area contributed by atoms with Gasteiger partial charge in [0.1, 0.15) is 17.7 Å². The number of thiazole rings is 1. The number of benzene rings is 1. The smallest absolute Gasteiger partial charge is 0.464 e. The van der Waals surface area contributed by atoms with Crippen molar-refractivity contribution in [2.24, 2.45) is 11.3 Å². The molecule has 1 aliphatic carbocycles. The second kappa shape index (κ2) is 12.1. The Morgan fingerprint density at radius 2 is 1.80 bits per heavy atom. The molecule has 3 aromatic rings. The monoisotopic (exact) mass is 705 g/mol. The molecule has 0 spiro atoms. The normalized spacial score (nSPS) is 27.4. The van der Waals surface area contributed by atoms with Gasteiger partial charge >= 0.3 is 19.2 Å². The molecule has 0 unspecified atom stereocenters. The molecule has 1 aromatic carbocycles. The van der Waals surface area contributed by atoms with Gasteiger partial charge in [-0.1, -0.05) is 19.9 Å². The van der Waals surface area contributed by atoms with E-state index in [0.717, 1.165) is 33.3 Å². The molecule has 2 atom stereocenters. The van der Waals surface area contributed by atoms with E-state index in [0.29, 0.717) is 24.3 Å². The van der Waals surface area contributed by atoms with Crippen molar-refractivity contribution in [3.05, 3.63) is 34.2 Å². The predicted octanol–water partition coefficient (Wildman–Crippen LogP) is 4.65. The molecule has 2 aromatic heterocycles. The number of carbonyl (C=O) groups is 3. The van der Waals surface area contributed by atoms with E-state index in [1.54, 1.807) is 20.8 Å². The molecule has 2 amide bonds. The van der Waals surface area contributed by atoms with Crippen molar-refractivity contribution in [1.82, 2.24) is 25.7 Å². The van der Waals surface area contributed by atoms with E-state index in [-0.39, 0.29) is 30.9 Å². The number of hydrogen-bond donors (Lipinski definition) is 3. The average molecular weight is 706 g/mol. The molecule has 14 heteroatoms. The summed E-state index contributed by atoms with van der Waals surface area (Å²) in [7, 11) is -0.608. The van der Waals surface area contributed by atoms with Gasteiger partial charge in [0.15, 0.2) is 0 Å². The lowest BCUT2D eigenvalue weighted by atomic mass is 9.73. The van der Waals surface area contributed by atoms with Gasteiger partial charge in [0, 0.05) is 45.3 Å². The van der Waals surface area contributed by atoms with Crippen molar-refractivity contribution < 1.29 is 33.2 Å². The van der Waals surface area contributed by atoms with Crippen LogP contribution in [0.4, 0.5) is 4.79 Å². The van der Waals surface area contributed by atoms with Crippen LogP contribution in [0.1, 0.15) is 85.7 Å². The first-order chi connectivity index (χ1) is 23.3. The van der Waals surface area contributed by atoms with Crippen LogP contribution >= 0.6 is 11.3 Å². The molecule has 4 aliphatic heterocycles. The van der Waals surface area contributed by atoms with Gasteiger partial charge in [0.2, 0.25) is 0 Å². The van der Waals surface area contributed by atoms with Crippen LogP contribution in [0.2, 0.25) is 0 Å². The van der Waals surface area contributed by atoms with E-state index in [2.05, 4.69) is 35.6 Å². The predicted molar refractivity (Wildman–Crippen MR) is 191 cm³/mol. The third-order valence-electron chi connectivity index (χ3n) is 10.7. The molecular weight excluding hydrogens is 657 g/mol. The number of rotatable bonds is 2. The van der Waals surface area contributed by atoms with E-state index >= 15 is 0 Å². The van der Waals surface area contributed by atoms with Crippen LogP contribution in [0.15, 0.2) is 23.6 Å². The topological polar surface area (TPSA) is 144 Å². The van der Waals surface area contributed by atoms with Gasteiger partial charge in [-0.2, -0.15) is 0 Å². The number of esters is 1. The highest BCUT2D eigenvalue weighted by Gasteiger charge is 2.54. The standard InChI is InChI=1S/C36H48BN5O7S/c1-33(2,3)47-32(45)40-25-15-27-38-26(17-50-27)19-10-11-24-22(14-19)23(29(39-24)37-48-35(6,7)36(8,9)49-37)16-34(4,5)18-46-31(44)28-20-12-21(13-20)42(41-28)30(25)43/h10-11,14,17,20-21,25,28,39,41H,12-13,15-16,18H2,1-9H3,(H,40,45)/t20?,21?,25-,28-/m0/s1. The van der Waals surface area contributed by atoms with Gasteiger partial charge in [-0.25, -0.2) is 15.2 Å². The Morgan fingerprint density at radius 1 is 1.10 bits per heavy atom. The number of amides is 2. The van der Waals surface area contributed by atoms with E-state index in [1.165, 1.54) is 16.3 Å². The summed E-state index contributed by atoms with van der Waals surface area (Å²) in [5.74, 6) is -0.677. The van der Waals surface area contributed by atoms with Gasteiger partial charge in [-0.15, -0.1) is 11.3 Å². The van der Waals surface area contributed by atoms with Gasteiger partial charge < -0.3 is 29.1 Å². The molecule has 8 bridgehead atoms. The highest BCUT2D eigenvalue weighted by atomic mass is 32.1. The second-order valence-electron chi connectivity index (χ2n) is 17.0. The Hall–Kier alpha value is -3.46. The van der Waals surface area contributed by atoms with Crippen LogP contribution in [-0.4, -0.2) is 81.6 Å². The minimum Gasteiger partial charge on any atom is -0.464 e. The minimum absolute atomic E-state index is 0.0612. The number of nitrogens with zero attached hydrogens (tertiary/aromatic N) is 2. The van der Waals surface area contributed by atoms with E-state index < -0.39 is 53.5 Å². The number of H-pyrrole nitrogens is 1. The number of aromatic amines is 1. The summed E-state index contributed by atoms with van der Waals surface area (Å²) >= 11 is 1.43. The number of cyclic esters (lactones) is 1. The Labute approximate surface area is 297 Å². The zero-order valence-corrected chi connectivity index (χ0v) is 31.2. The Balaban J connectivity index is 1.29. The fourth-order valence-corrected chi connectivity index (χ4v) is 8.01. The number of ether oxygens (including phenoxy) is 2. The van der Waals surface area contributed by atoms with Crippen LogP contribution in [-0.2, 0) is 41.2 Å². The first-order valence-electron chi connectivity index (χ1n) is 17.5. The highest BCUT2D eigenvalue weighted by molar-refractivity contribution is 7.10. The third kappa shape index (κ3) is 6.55. The largest absolute Gasteiger partial charge is 0.512 e. The van der Waals surface area contributed by atoms with Crippen molar-refractivity contribution in [2.45, 2.75) is 123 Å². The van der Waals surface area contributed by atoms with Gasteiger partial charge in [0.25, 0.3) is 5.91 Å². The van der Waals surface area contributed by atoms with Crippen molar-refractivity contribution in [2.75, 3.05) is 6.61 Å². The summed E-state index contributed by atoms with van der Waals surface area (Å²) in [5.41, 5.74) is 5.42. The van der Waals surface area contributed by atoms with Crippen LogP contribution in [0.25, 0.3) is 22.2 Å². The van der Waals surface area contributed by atoms with Crippen LogP contribution < -0.4 is 16.3 Å². The lowest BCUT2D eigenvalue weighted by Crippen LogP contribution is -2.71. The minimum atomic E-state index is -0.968. The zero-order valence-electron chi connectivity index (χ0n) is 30.4. The lowest BCUT2D eigenvalue weighted by molar-refractivity contribution is -0.170. The number of aromatic nitrogens is 2. The number of carbonyl (C=O) groups excluding carboxylic acids is 3. The molecule has 268 valence electrons. The molecular formula is C36H48BN5O7S. The molecule has 6 heterocycles. The molecule has 8 rings (SSSR count). The number of hydrogen-bond acceptors (Lipinski definition) is 10. The van der Waals surface area contributed by atoms with Crippen molar-refractivity contribution in [3.63, 3.8) is 0 Å². The van der Waals surface area contributed by atoms with E-state index in [9.17, 15) is 14.4 Å². The summed E-state index contributed by atoms with van der Waals surface area (Å²) < 4.78 is 24.6. The second-order valence-corrected chi connectivity index (χ2v) is 18.0. The summed E-state index contributed by atoms with van der Waals surface area (Å²) in [6.45, 7) is 17.8. The van der Waals surface area contributed by atoms with E-state index in [1.807, 2.05) is 45.2 Å². The molecule has 0 radical (unpaired) electrons. The van der Waals surface area contributed by atoms with Crippen LogP contribution in [0.3, 0.4) is 0 Å². The maximum Gasteiger partial charge on any atom is 0.512 e. The zero-order chi connectivity index (χ0) is 36.0. The highest BCUT2D eigenvalue weighted by Crippen LogP contribution is 2.41. The fraction of sp³-hybridized carbons (Fsp3) is 0.611. The number of fused-ring (bicyclic) bond motifs is 4. The van der Waals surface area contributed by atoms with E-state index in [4.69, 9.17) is 23.8 Å². The van der Waals surface area contributed by atoms with Gasteiger partial charge in [-0.05, 0) is 91.3 Å². The maximum absolute atomic E-state index is 14.1. The number of alkyl carbamates (subject to hydrolysis) is 1. The van der Waals surface area contributed by atoms with Crippen LogP contribution in [0.5, 0.6) is 0 Å². The summed E-state index contributed by atoms with van der Waals surface area (Å²) in [5, 5.41) is 7.99.